The van der Waals surface area contributed by atoms with E-state index in [9.17, 15) is 4.79 Å². The summed E-state index contributed by atoms with van der Waals surface area (Å²) in [5.41, 5.74) is 4.57. The smallest absolute Gasteiger partial charge is 0.407 e. The lowest BCUT2D eigenvalue weighted by molar-refractivity contribution is 0.142. The molecule has 1 aliphatic rings. The number of rotatable bonds is 2. The topological polar surface area (TPSA) is 61.6 Å². The monoisotopic (exact) mass is 314 g/mol. The lowest BCUT2D eigenvalue weighted by atomic mass is 10.2. The summed E-state index contributed by atoms with van der Waals surface area (Å²) in [5.74, 6) is 0.926. The summed E-state index contributed by atoms with van der Waals surface area (Å²) in [6.45, 7) is 8.70. The molecule has 0 saturated carbocycles. The molecule has 0 radical (unpaired) electrons. The zero-order valence-corrected chi connectivity index (χ0v) is 13.8. The standard InChI is InChI=1S/C17H22N4O2/c1-12-10-16(21-13(2)4-5-14(21)3)18-11-15(12)19-6-8-20(9-7-19)17(22)23/h4-5,10-11H,6-9H2,1-3H3,(H,22,23). The maximum atomic E-state index is 11.0. The Morgan fingerprint density at radius 2 is 1.70 bits per heavy atom. The molecule has 2 aromatic heterocycles. The summed E-state index contributed by atoms with van der Waals surface area (Å²) in [6.07, 6.45) is 1.06. The van der Waals surface area contributed by atoms with Crippen molar-refractivity contribution >= 4 is 11.8 Å². The van der Waals surface area contributed by atoms with Crippen molar-refractivity contribution < 1.29 is 9.90 Å². The van der Waals surface area contributed by atoms with Gasteiger partial charge >= 0.3 is 6.09 Å². The van der Waals surface area contributed by atoms with Crippen LogP contribution in [0.1, 0.15) is 17.0 Å². The lowest BCUT2D eigenvalue weighted by Gasteiger charge is -2.35. The van der Waals surface area contributed by atoms with Crippen molar-refractivity contribution in [2.75, 3.05) is 31.1 Å². The number of carboxylic acid groups (broad SMARTS) is 1. The highest BCUT2D eigenvalue weighted by atomic mass is 16.4. The van der Waals surface area contributed by atoms with Crippen molar-refractivity contribution in [1.82, 2.24) is 14.5 Å². The predicted octanol–water partition coefficient (Wildman–Crippen LogP) is 2.60. The largest absolute Gasteiger partial charge is 0.465 e. The van der Waals surface area contributed by atoms with Gasteiger partial charge in [-0.15, -0.1) is 0 Å². The third-order valence-electron chi connectivity index (χ3n) is 4.46. The van der Waals surface area contributed by atoms with Crippen LogP contribution in [0.4, 0.5) is 10.5 Å². The molecule has 0 atom stereocenters. The first-order valence-electron chi connectivity index (χ1n) is 7.82. The Labute approximate surface area is 136 Å². The van der Waals surface area contributed by atoms with Crippen LogP contribution in [0, 0.1) is 20.8 Å². The molecule has 3 rings (SSSR count). The van der Waals surface area contributed by atoms with E-state index in [1.165, 1.54) is 4.90 Å². The second-order valence-electron chi connectivity index (χ2n) is 6.04. The van der Waals surface area contributed by atoms with Gasteiger partial charge in [-0.1, -0.05) is 0 Å². The fraction of sp³-hybridized carbons (Fsp3) is 0.412. The SMILES string of the molecule is Cc1cc(-n2c(C)ccc2C)ncc1N1CCN(C(=O)O)CC1. The van der Waals surface area contributed by atoms with Gasteiger partial charge in [-0.25, -0.2) is 9.78 Å². The van der Waals surface area contributed by atoms with Gasteiger partial charge in [0.1, 0.15) is 5.82 Å². The van der Waals surface area contributed by atoms with Crippen LogP contribution in [0.2, 0.25) is 0 Å². The first-order valence-corrected chi connectivity index (χ1v) is 7.82. The third kappa shape index (κ3) is 2.88. The van der Waals surface area contributed by atoms with Gasteiger partial charge in [0.2, 0.25) is 0 Å². The maximum Gasteiger partial charge on any atom is 0.407 e. The molecule has 0 aromatic carbocycles. The van der Waals surface area contributed by atoms with E-state index in [-0.39, 0.29) is 0 Å². The minimum atomic E-state index is -0.839. The van der Waals surface area contributed by atoms with Gasteiger partial charge in [0.25, 0.3) is 0 Å². The Balaban J connectivity index is 1.82. The van der Waals surface area contributed by atoms with Crippen LogP contribution in [0.25, 0.3) is 5.82 Å². The third-order valence-corrected chi connectivity index (χ3v) is 4.46. The fourth-order valence-electron chi connectivity index (χ4n) is 3.16. The van der Waals surface area contributed by atoms with Crippen LogP contribution < -0.4 is 4.90 Å². The highest BCUT2D eigenvalue weighted by Gasteiger charge is 2.22. The van der Waals surface area contributed by atoms with Gasteiger partial charge in [-0.3, -0.25) is 0 Å². The van der Waals surface area contributed by atoms with Crippen molar-refractivity contribution in [3.63, 3.8) is 0 Å². The fourth-order valence-corrected chi connectivity index (χ4v) is 3.16. The summed E-state index contributed by atoms with van der Waals surface area (Å²) in [6, 6.07) is 6.27. The van der Waals surface area contributed by atoms with Crippen molar-refractivity contribution in [3.8, 4) is 5.82 Å². The molecular weight excluding hydrogens is 292 g/mol. The van der Waals surface area contributed by atoms with E-state index < -0.39 is 6.09 Å². The molecule has 2 aromatic rings. The molecule has 0 spiro atoms. The number of pyridine rings is 1. The van der Waals surface area contributed by atoms with E-state index in [1.807, 2.05) is 6.20 Å². The molecule has 1 amide bonds. The van der Waals surface area contributed by atoms with E-state index >= 15 is 0 Å². The Bertz CT molecular complexity index is 711. The number of hydrogen-bond acceptors (Lipinski definition) is 3. The molecule has 1 aliphatic heterocycles. The number of hydrogen-bond donors (Lipinski definition) is 1. The van der Waals surface area contributed by atoms with Crippen molar-refractivity contribution in [2.45, 2.75) is 20.8 Å². The maximum absolute atomic E-state index is 11.0. The van der Waals surface area contributed by atoms with Gasteiger partial charge in [-0.05, 0) is 44.5 Å². The number of aromatic nitrogens is 2. The summed E-state index contributed by atoms with van der Waals surface area (Å²) >= 11 is 0. The van der Waals surface area contributed by atoms with E-state index in [0.717, 1.165) is 28.5 Å². The van der Waals surface area contributed by atoms with Gasteiger partial charge in [0.05, 0.1) is 11.9 Å². The van der Waals surface area contributed by atoms with Gasteiger partial charge in [-0.2, -0.15) is 0 Å². The van der Waals surface area contributed by atoms with Crippen LogP contribution >= 0.6 is 0 Å². The van der Waals surface area contributed by atoms with Crippen molar-refractivity contribution in [3.05, 3.63) is 41.3 Å². The first-order chi connectivity index (χ1) is 11.0. The molecule has 1 N–H and O–H groups in total. The molecule has 1 fully saturated rings. The van der Waals surface area contributed by atoms with Crippen LogP contribution in [-0.2, 0) is 0 Å². The van der Waals surface area contributed by atoms with Crippen LogP contribution in [0.15, 0.2) is 24.4 Å². The van der Waals surface area contributed by atoms with Crippen LogP contribution in [0.3, 0.4) is 0 Å². The molecule has 6 heteroatoms. The van der Waals surface area contributed by atoms with E-state index in [1.54, 1.807) is 0 Å². The Morgan fingerprint density at radius 1 is 1.09 bits per heavy atom. The molecule has 0 aliphatic carbocycles. The highest BCUT2D eigenvalue weighted by Crippen LogP contribution is 2.24. The average Bonchev–Trinajstić information content (AvgIpc) is 2.86. The number of nitrogens with zero attached hydrogens (tertiary/aromatic N) is 4. The molecule has 0 unspecified atom stereocenters. The number of piperazine rings is 1. The predicted molar refractivity (Wildman–Crippen MR) is 89.6 cm³/mol. The quantitative estimate of drug-likeness (QED) is 0.925. The number of aryl methyl sites for hydroxylation is 3. The summed E-state index contributed by atoms with van der Waals surface area (Å²) in [7, 11) is 0. The summed E-state index contributed by atoms with van der Waals surface area (Å²) in [5, 5.41) is 9.04. The second-order valence-corrected chi connectivity index (χ2v) is 6.04. The highest BCUT2D eigenvalue weighted by molar-refractivity contribution is 5.65. The Hall–Kier alpha value is -2.50. The Morgan fingerprint density at radius 3 is 2.22 bits per heavy atom. The van der Waals surface area contributed by atoms with Crippen LogP contribution in [0.5, 0.6) is 0 Å². The van der Waals surface area contributed by atoms with Gasteiger partial charge < -0.3 is 19.5 Å². The van der Waals surface area contributed by atoms with E-state index in [2.05, 4.69) is 53.4 Å². The number of carbonyl (C=O) groups is 1. The van der Waals surface area contributed by atoms with Gasteiger partial charge in [0, 0.05) is 37.6 Å². The number of amides is 1. The number of anilines is 1. The molecule has 23 heavy (non-hydrogen) atoms. The lowest BCUT2D eigenvalue weighted by Crippen LogP contribution is -2.48. The van der Waals surface area contributed by atoms with Crippen molar-refractivity contribution in [1.29, 1.82) is 0 Å². The molecule has 3 heterocycles. The zero-order chi connectivity index (χ0) is 16.6. The zero-order valence-electron chi connectivity index (χ0n) is 13.8. The molecule has 122 valence electrons. The minimum Gasteiger partial charge on any atom is -0.465 e. The van der Waals surface area contributed by atoms with Crippen molar-refractivity contribution in [2.24, 2.45) is 0 Å². The summed E-state index contributed by atoms with van der Waals surface area (Å²) < 4.78 is 2.14. The normalized spacial score (nSPS) is 15.1. The second kappa shape index (κ2) is 5.95. The average molecular weight is 314 g/mol. The van der Waals surface area contributed by atoms with Gasteiger partial charge in [0.15, 0.2) is 0 Å². The van der Waals surface area contributed by atoms with Crippen LogP contribution in [-0.4, -0.2) is 51.8 Å². The van der Waals surface area contributed by atoms with E-state index in [0.29, 0.717) is 26.2 Å². The first kappa shape index (κ1) is 15.4. The molecule has 0 bridgehead atoms. The minimum absolute atomic E-state index is 0.534. The molecule has 6 nitrogen and oxygen atoms in total. The molecular formula is C17H22N4O2. The Kier molecular flexibility index (Phi) is 3.98. The summed E-state index contributed by atoms with van der Waals surface area (Å²) in [4.78, 5) is 19.3. The molecule has 1 saturated heterocycles. The van der Waals surface area contributed by atoms with E-state index in [4.69, 9.17) is 5.11 Å².